The SMILES string of the molecule is CN[C@@H](C)C(=O)N[C@H](C(=O)N1CCC2C1C(=O)N[C@@H](Cc1ccc3ccccc3c1)C(=O)N[C@H](C(=O)NS(=O)(=O)C1CC1)Cc1ccc(cc1)OCc1cn(nn1)C1CCN(C(=O)[C@@H](NC(=O)[C@H](C)NC)C(C)(C)C)C1C(=O)N[C@@H](Cc1ccc3ccccc3c1)C(=O)N[C@H](C(=O)OC)Cc1ccc(cc1)OC/C(N)=C/N2N)C(C)(C)C. The molecule has 13 N–H and O–H groups in total. The Bertz CT molecular complexity index is 4970. The Labute approximate surface area is 680 Å². The van der Waals surface area contributed by atoms with Gasteiger partial charge in [0.2, 0.25) is 57.3 Å². The lowest BCUT2D eigenvalue weighted by Crippen LogP contribution is -2.63. The highest BCUT2D eigenvalue weighted by atomic mass is 32.2. The van der Waals surface area contributed by atoms with Gasteiger partial charge in [0.1, 0.15) is 78.7 Å². The van der Waals surface area contributed by atoms with Crippen molar-refractivity contribution >= 4 is 90.7 Å². The van der Waals surface area contributed by atoms with Crippen LogP contribution in [0.3, 0.4) is 0 Å². The Hall–Kier alpha value is -11.6. The summed E-state index contributed by atoms with van der Waals surface area (Å²) in [5, 5.41) is 35.8. The van der Waals surface area contributed by atoms with Crippen LogP contribution < -0.4 is 68.3 Å². The number of rotatable bonds is 16. The Morgan fingerprint density at radius 2 is 1.03 bits per heavy atom. The van der Waals surface area contributed by atoms with Crippen LogP contribution in [0.15, 0.2) is 152 Å². The summed E-state index contributed by atoms with van der Waals surface area (Å²) in [6, 6.07) is 24.6. The van der Waals surface area contributed by atoms with Gasteiger partial charge in [0.05, 0.1) is 48.4 Å². The van der Waals surface area contributed by atoms with Gasteiger partial charge < -0.3 is 77.3 Å². The fourth-order valence-electron chi connectivity index (χ4n) is 14.7. The van der Waals surface area contributed by atoms with E-state index in [0.717, 1.165) is 21.5 Å². The van der Waals surface area contributed by atoms with Crippen LogP contribution in [0.1, 0.15) is 115 Å². The number of aromatic nitrogens is 3. The maximum absolute atomic E-state index is 15.7. The predicted molar refractivity (Wildman–Crippen MR) is 436 cm³/mol. The van der Waals surface area contributed by atoms with Crippen molar-refractivity contribution in [2.75, 3.05) is 40.9 Å². The number of hydrogen-bond donors (Lipinski definition) is 11. The maximum atomic E-state index is 15.7. The van der Waals surface area contributed by atoms with Gasteiger partial charge in [-0.25, -0.2) is 23.7 Å². The van der Waals surface area contributed by atoms with Crippen LogP contribution >= 0.6 is 0 Å². The fraction of sp³-hybridized carbons (Fsp3) is 0.452. The Kier molecular flexibility index (Phi) is 27.4. The summed E-state index contributed by atoms with van der Waals surface area (Å²) in [6.45, 7) is 13.4. The lowest BCUT2D eigenvalue weighted by molar-refractivity contribution is -0.146. The molecule has 12 atom stereocenters. The van der Waals surface area contributed by atoms with Crippen molar-refractivity contribution in [3.63, 3.8) is 0 Å². The molecule has 7 heterocycles. The first-order valence-electron chi connectivity index (χ1n) is 39.3. The van der Waals surface area contributed by atoms with Gasteiger partial charge in [-0.1, -0.05) is 156 Å². The van der Waals surface area contributed by atoms with Crippen LogP contribution in [0, 0.1) is 10.8 Å². The summed E-state index contributed by atoms with van der Waals surface area (Å²) in [5.74, 6) is 0.205. The molecule has 2 saturated heterocycles. The van der Waals surface area contributed by atoms with E-state index < -0.39 is 158 Å². The van der Waals surface area contributed by atoms with E-state index in [-0.39, 0.29) is 76.2 Å². The number of methoxy groups -OCH3 is 1. The number of carbonyl (C=O) groups excluding carboxylic acids is 10. The lowest BCUT2D eigenvalue weighted by atomic mass is 9.85. The number of carbonyl (C=O) groups is 10. The van der Waals surface area contributed by atoms with Crippen LogP contribution in [0.25, 0.3) is 21.5 Å². The van der Waals surface area contributed by atoms with E-state index in [1.807, 2.05) is 78.9 Å². The number of benzene rings is 6. The molecule has 117 heavy (non-hydrogen) atoms. The second-order valence-corrected chi connectivity index (χ2v) is 34.6. The molecule has 6 aliphatic heterocycles. The number of nitrogens with zero attached hydrogens (tertiary/aromatic N) is 6. The normalized spacial score (nSPS) is 22.5. The zero-order chi connectivity index (χ0) is 84.4. The fourth-order valence-corrected chi connectivity index (χ4v) is 16.0. The molecule has 33 heteroatoms. The molecule has 7 aromatic rings. The molecule has 1 aliphatic carbocycles. The average Bonchev–Trinajstić information content (AvgIpc) is 1.64. The number of fused-ring (bicyclic) bond motifs is 2. The van der Waals surface area contributed by atoms with Gasteiger partial charge >= 0.3 is 5.97 Å². The van der Waals surface area contributed by atoms with Gasteiger partial charge in [-0.15, -0.1) is 5.10 Å². The van der Waals surface area contributed by atoms with Gasteiger partial charge in [0, 0.05) is 45.0 Å². The van der Waals surface area contributed by atoms with Gasteiger partial charge in [0.25, 0.3) is 5.91 Å². The van der Waals surface area contributed by atoms with Crippen molar-refractivity contribution < 1.29 is 70.6 Å². The van der Waals surface area contributed by atoms with Crippen LogP contribution in [0.4, 0.5) is 0 Å². The molecule has 1 saturated carbocycles. The van der Waals surface area contributed by atoms with Crippen molar-refractivity contribution in [2.45, 2.75) is 191 Å². The first kappa shape index (κ1) is 86.3. The topological polar surface area (TPSA) is 433 Å². The number of esters is 1. The number of hydrazine groups is 1. The molecule has 6 bridgehead atoms. The van der Waals surface area contributed by atoms with E-state index in [1.165, 1.54) is 32.8 Å². The van der Waals surface area contributed by atoms with E-state index in [1.54, 1.807) is 130 Å². The van der Waals surface area contributed by atoms with Gasteiger partial charge in [-0.2, -0.15) is 0 Å². The summed E-state index contributed by atoms with van der Waals surface area (Å²) in [7, 11) is 0.174. The molecule has 6 aromatic carbocycles. The van der Waals surface area contributed by atoms with Gasteiger partial charge in [-0.05, 0) is 133 Å². The Morgan fingerprint density at radius 3 is 1.49 bits per heavy atom. The molecule has 3 fully saturated rings. The summed E-state index contributed by atoms with van der Waals surface area (Å²) >= 11 is 0. The molecule has 624 valence electrons. The van der Waals surface area contributed by atoms with Crippen LogP contribution in [0.5, 0.6) is 11.5 Å². The van der Waals surface area contributed by atoms with Crippen LogP contribution in [-0.2, 0) is 95.0 Å². The number of sulfonamides is 1. The third kappa shape index (κ3) is 21.6. The van der Waals surface area contributed by atoms with Gasteiger partial charge in [0.15, 0.2) is 0 Å². The van der Waals surface area contributed by atoms with Crippen molar-refractivity contribution in [3.8, 4) is 11.5 Å². The van der Waals surface area contributed by atoms with E-state index in [2.05, 4.69) is 57.6 Å². The molecule has 32 nitrogen and oxygen atoms in total. The minimum atomic E-state index is -4.21. The quantitative estimate of drug-likeness (QED) is 0.0489. The Balaban J connectivity index is 0.969. The highest BCUT2D eigenvalue weighted by molar-refractivity contribution is 7.91. The number of ether oxygens (including phenoxy) is 3. The number of likely N-dealkylation sites (tertiary alicyclic amines) is 2. The molecule has 9 amide bonds. The highest BCUT2D eigenvalue weighted by Crippen LogP contribution is 2.35. The van der Waals surface area contributed by atoms with Crippen molar-refractivity contribution in [3.05, 3.63) is 180 Å². The molecule has 14 rings (SSSR count). The molecule has 0 radical (unpaired) electrons. The van der Waals surface area contributed by atoms with Gasteiger partial charge in [-0.3, -0.25) is 47.9 Å². The van der Waals surface area contributed by atoms with E-state index in [0.29, 0.717) is 46.6 Å². The second-order valence-electron chi connectivity index (χ2n) is 32.7. The molecule has 0 spiro atoms. The minimum Gasteiger partial charge on any atom is -0.487 e. The number of likely N-dealkylation sites (N-methyl/N-ethyl adjacent to an activating group) is 2. The van der Waals surface area contributed by atoms with E-state index in [9.17, 15) is 27.6 Å². The average molecular weight is 1630 g/mol. The summed E-state index contributed by atoms with van der Waals surface area (Å²) in [5.41, 5.74) is 7.37. The van der Waals surface area contributed by atoms with Crippen LogP contribution in [0.2, 0.25) is 0 Å². The zero-order valence-corrected chi connectivity index (χ0v) is 68.5. The summed E-state index contributed by atoms with van der Waals surface area (Å²) in [6.07, 6.45) is 3.04. The third-order valence-electron chi connectivity index (χ3n) is 21.8. The zero-order valence-electron chi connectivity index (χ0n) is 67.7. The van der Waals surface area contributed by atoms with Crippen molar-refractivity contribution in [1.29, 1.82) is 0 Å². The maximum Gasteiger partial charge on any atom is 0.328 e. The Morgan fingerprint density at radius 1 is 0.581 bits per heavy atom. The number of hydrogen-bond acceptors (Lipinski definition) is 22. The van der Waals surface area contributed by atoms with E-state index >= 15 is 28.8 Å². The van der Waals surface area contributed by atoms with Crippen molar-refractivity contribution in [1.82, 2.24) is 77.1 Å². The summed E-state index contributed by atoms with van der Waals surface area (Å²) < 4.78 is 48.6. The van der Waals surface area contributed by atoms with E-state index in [4.69, 9.17) is 25.8 Å². The molecule has 7 aliphatic rings. The molecular weight excluding hydrogens is 1520 g/mol. The monoisotopic (exact) mass is 1630 g/mol. The lowest BCUT2D eigenvalue weighted by Gasteiger charge is -2.38. The molecule has 1 aromatic heterocycles. The molecule has 4 unspecified atom stereocenters. The number of amides is 9. The first-order valence-corrected chi connectivity index (χ1v) is 40.8. The number of nitrogens with one attached hydrogen (secondary N) is 9. The second kappa shape index (κ2) is 37.2. The highest BCUT2D eigenvalue weighted by Gasteiger charge is 2.51. The number of nitrogens with two attached hydrogens (primary N) is 2. The first-order chi connectivity index (χ1) is 55.6. The largest absolute Gasteiger partial charge is 0.487 e. The van der Waals surface area contributed by atoms with Crippen molar-refractivity contribution in [2.24, 2.45) is 22.4 Å². The third-order valence-corrected chi connectivity index (χ3v) is 23.7. The standard InChI is InChI=1S/C84H107N17O15S/c1-48(87-9)73(102)93-71(83(3,4)5)80(109)98-36-34-67-69(98)78(107)90-63(42-52-20-26-54-16-12-14-18-56(54)38-52)75(104)89-65(77(106)96-117(112,113)62-32-33-62)40-50-22-30-61(31-23-50)116-47-59-45-101(97-95-59)68-35-37-99(81(110)72(84(6,7)8)94-74(103)49(2)88-10)70(68)79(108)91-64(43-53-21-27-55-17-13-15-19-57(55)39-53)76(105)92-66(82(111)114-11)41-51-24-28-60(29-25-51)115-46-58(85)44-100(67)86/h12-31,38-39,44-45,48-49,62-72,87-88H,32-37,40-43,46-47,85-86H2,1-11H3,(H,89,104)(H,90,107)(H,91,108)(H,92,105)(H,93,102)(H,94,103)(H,96,106)/b58-44-/t48-,49-,63-,64-,65-,66-,67?,68?,69?,70?,71+,72+/m0/s1. The molecular formula is C84H107N17O15S. The predicted octanol–water partition coefficient (Wildman–Crippen LogP) is 2.91. The summed E-state index contributed by atoms with van der Waals surface area (Å²) in [4.78, 5) is 151. The minimum absolute atomic E-state index is 0.0106. The van der Waals surface area contributed by atoms with Crippen LogP contribution in [-0.4, -0.2) is 210 Å². The smallest absolute Gasteiger partial charge is 0.328 e.